The fourth-order valence-corrected chi connectivity index (χ4v) is 3.16. The SMILES string of the molecule is CC(C)CC(CN)(CC(C)C)N(C)c1ccccc1F. The van der Waals surface area contributed by atoms with Crippen LogP contribution in [0.25, 0.3) is 0 Å². The Morgan fingerprint density at radius 3 is 2.00 bits per heavy atom. The molecule has 2 nitrogen and oxygen atoms in total. The van der Waals surface area contributed by atoms with Crippen molar-refractivity contribution in [3.8, 4) is 0 Å². The molecular weight excluding hydrogens is 251 g/mol. The normalized spacial score (nSPS) is 12.2. The van der Waals surface area contributed by atoms with Gasteiger partial charge in [-0.15, -0.1) is 0 Å². The second kappa shape index (κ2) is 7.07. The average Bonchev–Trinajstić information content (AvgIpc) is 2.36. The van der Waals surface area contributed by atoms with Gasteiger partial charge in [0.2, 0.25) is 0 Å². The lowest BCUT2D eigenvalue weighted by atomic mass is 9.80. The van der Waals surface area contributed by atoms with E-state index in [1.54, 1.807) is 6.07 Å². The molecule has 114 valence electrons. The Hall–Kier alpha value is -1.09. The van der Waals surface area contributed by atoms with Crippen LogP contribution in [0.4, 0.5) is 10.1 Å². The van der Waals surface area contributed by atoms with E-state index in [2.05, 4.69) is 32.6 Å². The van der Waals surface area contributed by atoms with E-state index in [0.717, 1.165) is 12.8 Å². The van der Waals surface area contributed by atoms with E-state index in [1.807, 2.05) is 19.2 Å². The number of hydrogen-bond donors (Lipinski definition) is 1. The van der Waals surface area contributed by atoms with Crippen LogP contribution >= 0.6 is 0 Å². The zero-order valence-corrected chi connectivity index (χ0v) is 13.5. The molecule has 0 saturated carbocycles. The van der Waals surface area contributed by atoms with Crippen molar-refractivity contribution >= 4 is 5.69 Å². The highest BCUT2D eigenvalue weighted by atomic mass is 19.1. The topological polar surface area (TPSA) is 29.3 Å². The Kier molecular flexibility index (Phi) is 6.00. The first-order valence-corrected chi connectivity index (χ1v) is 7.51. The molecule has 0 fully saturated rings. The van der Waals surface area contributed by atoms with Gasteiger partial charge in [-0.25, -0.2) is 4.39 Å². The lowest BCUT2D eigenvalue weighted by Crippen LogP contribution is -2.54. The van der Waals surface area contributed by atoms with Crippen LogP contribution < -0.4 is 10.6 Å². The molecule has 0 heterocycles. The van der Waals surface area contributed by atoms with Crippen molar-refractivity contribution in [3.63, 3.8) is 0 Å². The van der Waals surface area contributed by atoms with Gasteiger partial charge in [0, 0.05) is 13.6 Å². The summed E-state index contributed by atoms with van der Waals surface area (Å²) in [4.78, 5) is 2.06. The summed E-state index contributed by atoms with van der Waals surface area (Å²) in [5.41, 5.74) is 6.58. The van der Waals surface area contributed by atoms with Crippen LogP contribution in [0, 0.1) is 17.7 Å². The summed E-state index contributed by atoms with van der Waals surface area (Å²) in [6.07, 6.45) is 1.93. The molecule has 3 heteroatoms. The predicted molar refractivity (Wildman–Crippen MR) is 85.5 cm³/mol. The van der Waals surface area contributed by atoms with Crippen molar-refractivity contribution in [2.45, 2.75) is 46.1 Å². The molecule has 0 unspecified atom stereocenters. The summed E-state index contributed by atoms with van der Waals surface area (Å²) >= 11 is 0. The van der Waals surface area contributed by atoms with E-state index in [4.69, 9.17) is 5.73 Å². The molecule has 0 bridgehead atoms. The summed E-state index contributed by atoms with van der Waals surface area (Å²) in [7, 11) is 1.97. The molecule has 0 atom stereocenters. The molecule has 0 aromatic heterocycles. The van der Waals surface area contributed by atoms with Crippen LogP contribution in [0.3, 0.4) is 0 Å². The molecule has 20 heavy (non-hydrogen) atoms. The number of rotatable bonds is 7. The van der Waals surface area contributed by atoms with Gasteiger partial charge in [-0.1, -0.05) is 39.8 Å². The smallest absolute Gasteiger partial charge is 0.146 e. The van der Waals surface area contributed by atoms with E-state index < -0.39 is 0 Å². The first-order valence-electron chi connectivity index (χ1n) is 7.51. The van der Waals surface area contributed by atoms with Gasteiger partial charge in [0.1, 0.15) is 5.82 Å². The summed E-state index contributed by atoms with van der Waals surface area (Å²) in [6.45, 7) is 9.31. The molecule has 0 saturated heterocycles. The highest BCUT2D eigenvalue weighted by Gasteiger charge is 2.35. The molecule has 0 aliphatic carbocycles. The molecular formula is C17H29FN2. The van der Waals surface area contributed by atoms with Crippen LogP contribution in [0.5, 0.6) is 0 Å². The molecule has 0 aliphatic rings. The number of nitrogens with two attached hydrogens (primary N) is 1. The van der Waals surface area contributed by atoms with Gasteiger partial charge >= 0.3 is 0 Å². The minimum atomic E-state index is -0.190. The lowest BCUT2D eigenvalue weighted by Gasteiger charge is -2.45. The molecule has 0 spiro atoms. The number of likely N-dealkylation sites (N-methyl/N-ethyl adjacent to an activating group) is 1. The first kappa shape index (κ1) is 17.0. The van der Waals surface area contributed by atoms with E-state index in [1.165, 1.54) is 6.07 Å². The van der Waals surface area contributed by atoms with Crippen LogP contribution in [-0.2, 0) is 0 Å². The van der Waals surface area contributed by atoms with Gasteiger partial charge in [0.15, 0.2) is 0 Å². The van der Waals surface area contributed by atoms with Crippen molar-refractivity contribution in [2.75, 3.05) is 18.5 Å². The Bertz CT molecular complexity index is 405. The molecule has 1 aromatic carbocycles. The minimum Gasteiger partial charge on any atom is -0.365 e. The Balaban J connectivity index is 3.17. The number of hydrogen-bond acceptors (Lipinski definition) is 2. The molecule has 0 aliphatic heterocycles. The van der Waals surface area contributed by atoms with Crippen molar-refractivity contribution in [3.05, 3.63) is 30.1 Å². The number of anilines is 1. The lowest BCUT2D eigenvalue weighted by molar-refractivity contribution is 0.278. The van der Waals surface area contributed by atoms with Gasteiger partial charge in [-0.2, -0.15) is 0 Å². The average molecular weight is 280 g/mol. The maximum atomic E-state index is 14.1. The van der Waals surface area contributed by atoms with E-state index in [0.29, 0.717) is 24.1 Å². The molecule has 0 radical (unpaired) electrons. The predicted octanol–water partition coefficient (Wildman–Crippen LogP) is 4.05. The number of halogens is 1. The van der Waals surface area contributed by atoms with E-state index in [-0.39, 0.29) is 11.4 Å². The summed E-state index contributed by atoms with van der Waals surface area (Å²) < 4.78 is 14.1. The van der Waals surface area contributed by atoms with Gasteiger partial charge in [-0.05, 0) is 36.8 Å². The quantitative estimate of drug-likeness (QED) is 0.816. The van der Waals surface area contributed by atoms with Crippen molar-refractivity contribution in [1.29, 1.82) is 0 Å². The zero-order chi connectivity index (χ0) is 15.3. The first-order chi connectivity index (χ1) is 9.32. The third kappa shape index (κ3) is 3.95. The fraction of sp³-hybridized carbons (Fsp3) is 0.647. The minimum absolute atomic E-state index is 0.180. The van der Waals surface area contributed by atoms with E-state index >= 15 is 0 Å². The van der Waals surface area contributed by atoms with Gasteiger partial charge in [0.05, 0.1) is 11.2 Å². The van der Waals surface area contributed by atoms with Gasteiger partial charge < -0.3 is 10.6 Å². The maximum Gasteiger partial charge on any atom is 0.146 e. The third-order valence-electron chi connectivity index (χ3n) is 3.88. The molecule has 2 N–H and O–H groups in total. The largest absolute Gasteiger partial charge is 0.365 e. The number of benzene rings is 1. The second-order valence-electron chi connectivity index (χ2n) is 6.63. The summed E-state index contributed by atoms with van der Waals surface area (Å²) in [6, 6.07) is 6.95. The van der Waals surface area contributed by atoms with Crippen LogP contribution in [0.2, 0.25) is 0 Å². The van der Waals surface area contributed by atoms with Crippen molar-refractivity contribution < 1.29 is 4.39 Å². The Labute approximate surface area is 123 Å². The van der Waals surface area contributed by atoms with Crippen LogP contribution in [0.1, 0.15) is 40.5 Å². The van der Waals surface area contributed by atoms with Crippen LogP contribution in [0.15, 0.2) is 24.3 Å². The van der Waals surface area contributed by atoms with Crippen molar-refractivity contribution in [2.24, 2.45) is 17.6 Å². The number of nitrogens with zero attached hydrogens (tertiary/aromatic N) is 1. The summed E-state index contributed by atoms with van der Waals surface area (Å²) in [5.74, 6) is 0.860. The standard InChI is InChI=1S/C17H29FN2/c1-13(2)10-17(12-19,11-14(3)4)20(5)16-9-7-6-8-15(16)18/h6-9,13-14H,10-12,19H2,1-5H3. The number of para-hydroxylation sites is 1. The highest BCUT2D eigenvalue weighted by molar-refractivity contribution is 5.49. The van der Waals surface area contributed by atoms with Crippen LogP contribution in [-0.4, -0.2) is 19.1 Å². The van der Waals surface area contributed by atoms with E-state index in [9.17, 15) is 4.39 Å². The second-order valence-corrected chi connectivity index (χ2v) is 6.63. The van der Waals surface area contributed by atoms with Gasteiger partial charge in [0.25, 0.3) is 0 Å². The summed E-state index contributed by atoms with van der Waals surface area (Å²) in [5, 5.41) is 0. The maximum absolute atomic E-state index is 14.1. The monoisotopic (exact) mass is 280 g/mol. The van der Waals surface area contributed by atoms with Gasteiger partial charge in [-0.3, -0.25) is 0 Å². The Morgan fingerprint density at radius 1 is 1.10 bits per heavy atom. The Morgan fingerprint density at radius 2 is 1.60 bits per heavy atom. The molecule has 1 rings (SSSR count). The molecule has 1 aromatic rings. The zero-order valence-electron chi connectivity index (χ0n) is 13.5. The van der Waals surface area contributed by atoms with Crippen molar-refractivity contribution in [1.82, 2.24) is 0 Å². The highest BCUT2D eigenvalue weighted by Crippen LogP contribution is 2.34. The third-order valence-corrected chi connectivity index (χ3v) is 3.88. The fourth-order valence-electron chi connectivity index (χ4n) is 3.16. The molecule has 0 amide bonds.